The number of benzene rings is 1. The SMILES string of the molecule is CCOC(=O)C[C@@H](CI)c1ccc(Cl)cc1. The Bertz CT molecular complexity index is 337. The van der Waals surface area contributed by atoms with E-state index < -0.39 is 0 Å². The van der Waals surface area contributed by atoms with Crippen molar-refractivity contribution < 1.29 is 9.53 Å². The van der Waals surface area contributed by atoms with E-state index >= 15 is 0 Å². The molecule has 1 aromatic rings. The van der Waals surface area contributed by atoms with Gasteiger partial charge in [-0.3, -0.25) is 4.79 Å². The van der Waals surface area contributed by atoms with Gasteiger partial charge < -0.3 is 4.74 Å². The molecule has 0 amide bonds. The molecule has 0 unspecified atom stereocenters. The molecule has 0 spiro atoms. The zero-order valence-electron chi connectivity index (χ0n) is 9.08. The average Bonchev–Trinajstić information content (AvgIpc) is 2.27. The zero-order chi connectivity index (χ0) is 12.0. The molecule has 88 valence electrons. The summed E-state index contributed by atoms with van der Waals surface area (Å²) in [5.74, 6) is 0.0658. The molecule has 0 saturated heterocycles. The van der Waals surface area contributed by atoms with Gasteiger partial charge in [0.05, 0.1) is 13.0 Å². The fourth-order valence-electron chi connectivity index (χ4n) is 1.42. The quantitative estimate of drug-likeness (QED) is 0.457. The highest BCUT2D eigenvalue weighted by Crippen LogP contribution is 2.24. The van der Waals surface area contributed by atoms with Gasteiger partial charge >= 0.3 is 5.97 Å². The fraction of sp³-hybridized carbons (Fsp3) is 0.417. The summed E-state index contributed by atoms with van der Waals surface area (Å²) in [5, 5.41) is 0.715. The van der Waals surface area contributed by atoms with E-state index in [0.29, 0.717) is 18.1 Å². The van der Waals surface area contributed by atoms with Crippen LogP contribution in [0.2, 0.25) is 5.02 Å². The maximum Gasteiger partial charge on any atom is 0.306 e. The summed E-state index contributed by atoms with van der Waals surface area (Å²) in [6.45, 7) is 2.26. The Morgan fingerprint density at radius 3 is 2.56 bits per heavy atom. The largest absolute Gasteiger partial charge is 0.466 e. The van der Waals surface area contributed by atoms with E-state index in [9.17, 15) is 4.79 Å². The first kappa shape index (κ1) is 13.8. The Balaban J connectivity index is 2.67. The molecule has 1 rings (SSSR count). The van der Waals surface area contributed by atoms with Crippen molar-refractivity contribution in [1.82, 2.24) is 0 Å². The van der Waals surface area contributed by atoms with Crippen LogP contribution in [0.5, 0.6) is 0 Å². The molecule has 0 radical (unpaired) electrons. The minimum atomic E-state index is -0.140. The van der Waals surface area contributed by atoms with Crippen molar-refractivity contribution in [2.24, 2.45) is 0 Å². The molecule has 0 bridgehead atoms. The van der Waals surface area contributed by atoms with Crippen LogP contribution in [0.25, 0.3) is 0 Å². The van der Waals surface area contributed by atoms with Crippen molar-refractivity contribution in [2.75, 3.05) is 11.0 Å². The van der Waals surface area contributed by atoms with Crippen LogP contribution in [0.3, 0.4) is 0 Å². The van der Waals surface area contributed by atoms with E-state index in [4.69, 9.17) is 16.3 Å². The molecule has 0 aliphatic rings. The van der Waals surface area contributed by atoms with E-state index in [1.165, 1.54) is 0 Å². The number of halogens is 2. The van der Waals surface area contributed by atoms with Crippen LogP contribution in [0.1, 0.15) is 24.8 Å². The van der Waals surface area contributed by atoms with Crippen LogP contribution in [0, 0.1) is 0 Å². The standard InChI is InChI=1S/C12H14ClIO2/c1-2-16-12(15)7-10(8-14)9-3-5-11(13)6-4-9/h3-6,10H,2,7-8H2,1H3/t10-/m0/s1. The van der Waals surface area contributed by atoms with E-state index in [1.807, 2.05) is 31.2 Å². The second kappa shape index (κ2) is 7.12. The predicted octanol–water partition coefficient (Wildman–Crippen LogP) is 3.81. The number of hydrogen-bond donors (Lipinski definition) is 0. The number of ether oxygens (including phenoxy) is 1. The van der Waals surface area contributed by atoms with Gasteiger partial charge in [0.25, 0.3) is 0 Å². The summed E-state index contributed by atoms with van der Waals surface area (Å²) in [6.07, 6.45) is 0.429. The maximum absolute atomic E-state index is 11.4. The Morgan fingerprint density at radius 2 is 2.06 bits per heavy atom. The molecule has 1 atom stereocenters. The van der Waals surface area contributed by atoms with Crippen molar-refractivity contribution in [1.29, 1.82) is 0 Å². The average molecular weight is 353 g/mol. The van der Waals surface area contributed by atoms with Gasteiger partial charge in [-0.1, -0.05) is 46.3 Å². The lowest BCUT2D eigenvalue weighted by molar-refractivity contribution is -0.143. The van der Waals surface area contributed by atoms with Crippen LogP contribution in [-0.4, -0.2) is 17.0 Å². The monoisotopic (exact) mass is 352 g/mol. The molecular weight excluding hydrogens is 338 g/mol. The van der Waals surface area contributed by atoms with Crippen LogP contribution in [0.4, 0.5) is 0 Å². The lowest BCUT2D eigenvalue weighted by atomic mass is 9.98. The van der Waals surface area contributed by atoms with Crippen molar-refractivity contribution in [3.05, 3.63) is 34.9 Å². The number of carbonyl (C=O) groups excluding carboxylic acids is 1. The molecule has 2 nitrogen and oxygen atoms in total. The van der Waals surface area contributed by atoms with Gasteiger partial charge in [0.15, 0.2) is 0 Å². The topological polar surface area (TPSA) is 26.3 Å². The normalized spacial score (nSPS) is 12.2. The first-order valence-corrected chi connectivity index (χ1v) is 7.04. The van der Waals surface area contributed by atoms with Gasteiger partial charge in [0, 0.05) is 15.4 Å². The number of carbonyl (C=O) groups is 1. The third-order valence-corrected chi connectivity index (χ3v) is 3.56. The van der Waals surface area contributed by atoms with Crippen molar-refractivity contribution in [3.8, 4) is 0 Å². The van der Waals surface area contributed by atoms with E-state index in [0.717, 1.165) is 9.99 Å². The van der Waals surface area contributed by atoms with Crippen LogP contribution < -0.4 is 0 Å². The minimum absolute atomic E-state index is 0.140. The maximum atomic E-state index is 11.4. The highest BCUT2D eigenvalue weighted by molar-refractivity contribution is 14.1. The van der Waals surface area contributed by atoms with Crippen molar-refractivity contribution >= 4 is 40.2 Å². The summed E-state index contributed by atoms with van der Waals surface area (Å²) < 4.78 is 5.84. The highest BCUT2D eigenvalue weighted by Gasteiger charge is 2.15. The number of esters is 1. The van der Waals surface area contributed by atoms with E-state index in [1.54, 1.807) is 0 Å². The second-order valence-electron chi connectivity index (χ2n) is 3.41. The van der Waals surface area contributed by atoms with Gasteiger partial charge in [-0.2, -0.15) is 0 Å². The molecule has 0 aliphatic heterocycles. The number of alkyl halides is 1. The molecule has 4 heteroatoms. The lowest BCUT2D eigenvalue weighted by Crippen LogP contribution is -2.11. The third kappa shape index (κ3) is 4.29. The Morgan fingerprint density at radius 1 is 1.44 bits per heavy atom. The number of rotatable bonds is 5. The molecule has 0 aromatic heterocycles. The minimum Gasteiger partial charge on any atom is -0.466 e. The first-order valence-electron chi connectivity index (χ1n) is 5.14. The van der Waals surface area contributed by atoms with Gasteiger partial charge in [-0.15, -0.1) is 0 Å². The van der Waals surface area contributed by atoms with Gasteiger partial charge in [0.2, 0.25) is 0 Å². The number of hydrogen-bond acceptors (Lipinski definition) is 2. The summed E-state index contributed by atoms with van der Waals surface area (Å²) in [4.78, 5) is 11.4. The van der Waals surface area contributed by atoms with E-state index in [-0.39, 0.29) is 11.9 Å². The first-order chi connectivity index (χ1) is 7.67. The Kier molecular flexibility index (Phi) is 6.13. The molecule has 0 fully saturated rings. The van der Waals surface area contributed by atoms with Crippen molar-refractivity contribution in [2.45, 2.75) is 19.3 Å². The molecule has 16 heavy (non-hydrogen) atoms. The van der Waals surface area contributed by atoms with Crippen LogP contribution >= 0.6 is 34.2 Å². The lowest BCUT2D eigenvalue weighted by Gasteiger charge is -2.13. The highest BCUT2D eigenvalue weighted by atomic mass is 127. The van der Waals surface area contributed by atoms with Crippen molar-refractivity contribution in [3.63, 3.8) is 0 Å². The summed E-state index contributed by atoms with van der Waals surface area (Å²) in [5.41, 5.74) is 1.13. The van der Waals surface area contributed by atoms with Crippen LogP contribution in [-0.2, 0) is 9.53 Å². The second-order valence-corrected chi connectivity index (χ2v) is 4.73. The molecular formula is C12H14ClIO2. The molecule has 0 N–H and O–H groups in total. The van der Waals surface area contributed by atoms with Gasteiger partial charge in [-0.25, -0.2) is 0 Å². The summed E-state index contributed by atoms with van der Waals surface area (Å²) in [7, 11) is 0. The Hall–Kier alpha value is -0.290. The molecule has 0 saturated carbocycles. The summed E-state index contributed by atoms with van der Waals surface area (Å²) in [6, 6.07) is 7.62. The third-order valence-electron chi connectivity index (χ3n) is 2.25. The molecule has 0 aliphatic carbocycles. The smallest absolute Gasteiger partial charge is 0.306 e. The molecule has 1 aromatic carbocycles. The van der Waals surface area contributed by atoms with E-state index in [2.05, 4.69) is 22.6 Å². The summed E-state index contributed by atoms with van der Waals surface area (Å²) >= 11 is 8.10. The predicted molar refractivity (Wildman–Crippen MR) is 74.3 cm³/mol. The van der Waals surface area contributed by atoms with Gasteiger partial charge in [0.1, 0.15) is 0 Å². The molecule has 0 heterocycles. The Labute approximate surface area is 114 Å². The fourth-order valence-corrected chi connectivity index (χ4v) is 2.36. The van der Waals surface area contributed by atoms with Crippen LogP contribution in [0.15, 0.2) is 24.3 Å². The zero-order valence-corrected chi connectivity index (χ0v) is 12.0. The van der Waals surface area contributed by atoms with Gasteiger partial charge in [-0.05, 0) is 24.6 Å².